The summed E-state index contributed by atoms with van der Waals surface area (Å²) in [6.45, 7) is 10.5. The summed E-state index contributed by atoms with van der Waals surface area (Å²) in [4.78, 5) is 0. The molecule has 0 radical (unpaired) electrons. The Morgan fingerprint density at radius 3 is 2.17 bits per heavy atom. The lowest BCUT2D eigenvalue weighted by Crippen LogP contribution is -2.29. The van der Waals surface area contributed by atoms with Crippen molar-refractivity contribution in [1.82, 2.24) is 0 Å². The number of alkyl halides is 1. The summed E-state index contributed by atoms with van der Waals surface area (Å²) in [6, 6.07) is 0. The van der Waals surface area contributed by atoms with Crippen LogP contribution in [0.5, 0.6) is 0 Å². The Hall–Kier alpha value is 0.0300. The average molecular weight is 189 g/mol. The van der Waals surface area contributed by atoms with E-state index in [1.165, 1.54) is 12.8 Å². The molecular weight excluding hydrogens is 168 g/mol. The number of allylic oxidation sites excluding steroid dienone is 1. The highest BCUT2D eigenvalue weighted by molar-refractivity contribution is 6.18. The highest BCUT2D eigenvalue weighted by Crippen LogP contribution is 2.38. The molecule has 0 spiro atoms. The van der Waals surface area contributed by atoms with E-state index in [0.717, 1.165) is 12.3 Å². The van der Waals surface area contributed by atoms with Crippen LogP contribution in [0.3, 0.4) is 0 Å². The second-order valence-electron chi connectivity index (χ2n) is 3.63. The van der Waals surface area contributed by atoms with Gasteiger partial charge in [-0.1, -0.05) is 26.8 Å². The van der Waals surface area contributed by atoms with Crippen LogP contribution in [0, 0.1) is 11.3 Å². The molecule has 0 saturated carbocycles. The maximum absolute atomic E-state index is 6.02. The van der Waals surface area contributed by atoms with Gasteiger partial charge in [-0.2, -0.15) is 0 Å². The maximum atomic E-state index is 6.02. The molecule has 0 nitrogen and oxygen atoms in total. The summed E-state index contributed by atoms with van der Waals surface area (Å²) in [5, 5.41) is 0. The predicted molar refractivity (Wildman–Crippen MR) is 57.7 cm³/mol. The molecule has 0 aromatic carbocycles. The van der Waals surface area contributed by atoms with E-state index in [2.05, 4.69) is 27.4 Å². The Balaban J connectivity index is 4.34. The molecule has 0 aliphatic rings. The minimum absolute atomic E-state index is 0.329. The topological polar surface area (TPSA) is 0 Å². The minimum Gasteiger partial charge on any atom is -0.126 e. The van der Waals surface area contributed by atoms with Gasteiger partial charge in [-0.05, 0) is 30.6 Å². The van der Waals surface area contributed by atoms with Crippen LogP contribution < -0.4 is 0 Å². The van der Waals surface area contributed by atoms with Crippen LogP contribution in [0.15, 0.2) is 12.7 Å². The van der Waals surface area contributed by atoms with Crippen LogP contribution in [0.1, 0.15) is 40.0 Å². The molecule has 0 heterocycles. The van der Waals surface area contributed by atoms with E-state index in [0.29, 0.717) is 11.3 Å². The molecule has 1 atom stereocenters. The Kier molecular flexibility index (Phi) is 5.65. The van der Waals surface area contributed by atoms with Gasteiger partial charge in [0.2, 0.25) is 0 Å². The summed E-state index contributed by atoms with van der Waals surface area (Å²) in [7, 11) is 0. The number of hydrogen-bond donors (Lipinski definition) is 0. The van der Waals surface area contributed by atoms with Crippen molar-refractivity contribution < 1.29 is 0 Å². The maximum Gasteiger partial charge on any atom is 0.0282 e. The largest absolute Gasteiger partial charge is 0.126 e. The van der Waals surface area contributed by atoms with E-state index >= 15 is 0 Å². The van der Waals surface area contributed by atoms with Gasteiger partial charge in [0, 0.05) is 5.88 Å². The molecule has 0 fully saturated rings. The zero-order chi connectivity index (χ0) is 9.61. The second-order valence-corrected chi connectivity index (χ2v) is 3.90. The minimum atomic E-state index is 0.329. The first-order chi connectivity index (χ1) is 5.66. The smallest absolute Gasteiger partial charge is 0.0282 e. The van der Waals surface area contributed by atoms with Crippen molar-refractivity contribution in [2.75, 3.05) is 5.88 Å². The van der Waals surface area contributed by atoms with E-state index in [4.69, 9.17) is 11.6 Å². The predicted octanol–water partition coefficient (Wildman–Crippen LogP) is 4.24. The van der Waals surface area contributed by atoms with Crippen molar-refractivity contribution in [3.63, 3.8) is 0 Å². The second kappa shape index (κ2) is 5.64. The zero-order valence-electron chi connectivity index (χ0n) is 8.57. The molecule has 0 N–H and O–H groups in total. The molecular formula is C11H21Cl. The molecule has 1 unspecified atom stereocenters. The SMILES string of the molecule is C=CCC(C)C(CC)(CC)CCl. The molecule has 12 heavy (non-hydrogen) atoms. The van der Waals surface area contributed by atoms with Crippen molar-refractivity contribution in [3.8, 4) is 0 Å². The third-order valence-corrected chi connectivity index (χ3v) is 3.77. The average Bonchev–Trinajstić information content (AvgIpc) is 2.09. The van der Waals surface area contributed by atoms with E-state index in [1.807, 2.05) is 6.08 Å². The highest BCUT2D eigenvalue weighted by Gasteiger charge is 2.30. The molecule has 0 aliphatic heterocycles. The molecule has 0 amide bonds. The fraction of sp³-hybridized carbons (Fsp3) is 0.818. The standard InChI is InChI=1S/C11H21Cl/c1-5-8-10(4)11(6-2,7-3)9-12/h5,10H,1,6-9H2,2-4H3. The lowest BCUT2D eigenvalue weighted by Gasteiger charge is -2.35. The summed E-state index contributed by atoms with van der Waals surface area (Å²) in [5.74, 6) is 1.43. The number of rotatable bonds is 6. The first kappa shape index (κ1) is 12.0. The first-order valence-electron chi connectivity index (χ1n) is 4.83. The quantitative estimate of drug-likeness (QED) is 0.432. The van der Waals surface area contributed by atoms with Gasteiger partial charge < -0.3 is 0 Å². The molecule has 0 aromatic rings. The molecule has 0 saturated heterocycles. The Morgan fingerprint density at radius 2 is 1.92 bits per heavy atom. The van der Waals surface area contributed by atoms with E-state index in [1.54, 1.807) is 0 Å². The summed E-state index contributed by atoms with van der Waals surface area (Å²) >= 11 is 6.02. The van der Waals surface area contributed by atoms with Gasteiger partial charge in [-0.15, -0.1) is 18.2 Å². The van der Waals surface area contributed by atoms with Gasteiger partial charge in [-0.3, -0.25) is 0 Å². The lowest BCUT2D eigenvalue weighted by molar-refractivity contribution is 0.190. The number of hydrogen-bond acceptors (Lipinski definition) is 0. The fourth-order valence-corrected chi connectivity index (χ4v) is 2.41. The molecule has 0 aliphatic carbocycles. The van der Waals surface area contributed by atoms with Gasteiger partial charge in [0.1, 0.15) is 0 Å². The van der Waals surface area contributed by atoms with Crippen molar-refractivity contribution in [1.29, 1.82) is 0 Å². The summed E-state index contributed by atoms with van der Waals surface area (Å²) in [5.41, 5.74) is 0.329. The van der Waals surface area contributed by atoms with Crippen LogP contribution >= 0.6 is 11.6 Å². The Bertz CT molecular complexity index is 117. The van der Waals surface area contributed by atoms with Crippen LogP contribution in [0.2, 0.25) is 0 Å². The monoisotopic (exact) mass is 188 g/mol. The van der Waals surface area contributed by atoms with Crippen molar-refractivity contribution in [2.45, 2.75) is 40.0 Å². The molecule has 72 valence electrons. The van der Waals surface area contributed by atoms with Crippen molar-refractivity contribution in [2.24, 2.45) is 11.3 Å². The first-order valence-corrected chi connectivity index (χ1v) is 5.37. The third kappa shape index (κ3) is 2.52. The molecule has 0 aromatic heterocycles. The van der Waals surface area contributed by atoms with E-state index in [9.17, 15) is 0 Å². The number of halogens is 1. The Labute approximate surface area is 82.0 Å². The summed E-state index contributed by atoms with van der Waals surface area (Å²) < 4.78 is 0. The zero-order valence-corrected chi connectivity index (χ0v) is 9.32. The molecule has 0 bridgehead atoms. The molecule has 0 rings (SSSR count). The normalized spacial score (nSPS) is 14.3. The Morgan fingerprint density at radius 1 is 1.42 bits per heavy atom. The van der Waals surface area contributed by atoms with E-state index in [-0.39, 0.29) is 0 Å². The van der Waals surface area contributed by atoms with Crippen LogP contribution in [0.25, 0.3) is 0 Å². The fourth-order valence-electron chi connectivity index (χ4n) is 1.77. The lowest BCUT2D eigenvalue weighted by atomic mass is 9.72. The molecule has 1 heteroatoms. The van der Waals surface area contributed by atoms with Crippen LogP contribution in [-0.4, -0.2) is 5.88 Å². The van der Waals surface area contributed by atoms with Crippen molar-refractivity contribution in [3.05, 3.63) is 12.7 Å². The van der Waals surface area contributed by atoms with Gasteiger partial charge in [0.05, 0.1) is 0 Å². The van der Waals surface area contributed by atoms with Gasteiger partial charge >= 0.3 is 0 Å². The van der Waals surface area contributed by atoms with Crippen LogP contribution in [0.4, 0.5) is 0 Å². The summed E-state index contributed by atoms with van der Waals surface area (Å²) in [6.07, 6.45) is 5.41. The van der Waals surface area contributed by atoms with Gasteiger partial charge in [-0.25, -0.2) is 0 Å². The van der Waals surface area contributed by atoms with Crippen molar-refractivity contribution >= 4 is 11.6 Å². The van der Waals surface area contributed by atoms with E-state index < -0.39 is 0 Å². The van der Waals surface area contributed by atoms with Gasteiger partial charge in [0.25, 0.3) is 0 Å². The van der Waals surface area contributed by atoms with Crippen LogP contribution in [-0.2, 0) is 0 Å². The third-order valence-electron chi connectivity index (χ3n) is 3.24. The van der Waals surface area contributed by atoms with Gasteiger partial charge in [0.15, 0.2) is 0 Å². The highest BCUT2D eigenvalue weighted by atomic mass is 35.5.